The molecule has 2 amide bonds. The molecule has 1 aliphatic rings. The second-order valence-corrected chi connectivity index (χ2v) is 25.6. The highest BCUT2D eigenvalue weighted by Gasteiger charge is 2.46. The molecular weight excluding hydrogens is 858 g/mol. The molecule has 65 heavy (non-hydrogen) atoms. The number of aromatic nitrogens is 3. The first-order chi connectivity index (χ1) is 30.3. The van der Waals surface area contributed by atoms with Crippen LogP contribution in [-0.2, 0) is 31.3 Å². The first-order valence-corrected chi connectivity index (χ1v) is 25.4. The summed E-state index contributed by atoms with van der Waals surface area (Å²) in [6.45, 7) is 25.1. The van der Waals surface area contributed by atoms with E-state index in [2.05, 4.69) is 48.1 Å². The molecule has 2 aromatic heterocycles. The fraction of sp³-hybridized carbons (Fsp3) is 0.451. The summed E-state index contributed by atoms with van der Waals surface area (Å²) in [6, 6.07) is 21.4. The molecule has 1 aliphatic heterocycles. The fourth-order valence-electron chi connectivity index (χ4n) is 8.33. The van der Waals surface area contributed by atoms with Gasteiger partial charge in [0, 0.05) is 66.1 Å². The predicted molar refractivity (Wildman–Crippen MR) is 260 cm³/mol. The van der Waals surface area contributed by atoms with Gasteiger partial charge in [-0.1, -0.05) is 65.3 Å². The van der Waals surface area contributed by atoms with Crippen molar-refractivity contribution in [2.75, 3.05) is 18.1 Å². The summed E-state index contributed by atoms with van der Waals surface area (Å²) in [7, 11) is -0.433. The molecule has 0 bridgehead atoms. The van der Waals surface area contributed by atoms with Gasteiger partial charge < -0.3 is 28.5 Å². The molecular formula is C51H66ClN5O7Si. The molecule has 1 N–H and O–H groups in total. The minimum absolute atomic E-state index is 0.0243. The van der Waals surface area contributed by atoms with Crippen LogP contribution in [0.2, 0.25) is 22.7 Å². The van der Waals surface area contributed by atoms with Gasteiger partial charge in [0.25, 0.3) is 14.2 Å². The Morgan fingerprint density at radius 1 is 0.908 bits per heavy atom. The van der Waals surface area contributed by atoms with Crippen molar-refractivity contribution in [2.45, 2.75) is 125 Å². The minimum Gasteiger partial charge on any atom is -0.543 e. The predicted octanol–water partition coefficient (Wildman–Crippen LogP) is 12.5. The van der Waals surface area contributed by atoms with E-state index in [1.165, 1.54) is 4.90 Å². The number of unbranched alkanes of at least 4 members (excludes halogenated alkanes) is 1. The Kier molecular flexibility index (Phi) is 14.4. The van der Waals surface area contributed by atoms with Gasteiger partial charge in [0.15, 0.2) is 0 Å². The number of benzene rings is 3. The number of nitrogens with zero attached hydrogens (tertiary/aromatic N) is 5. The van der Waals surface area contributed by atoms with Gasteiger partial charge in [-0.25, -0.2) is 9.59 Å². The number of carboxylic acid groups (broad SMARTS) is 1. The van der Waals surface area contributed by atoms with Gasteiger partial charge in [0.05, 0.1) is 29.6 Å². The van der Waals surface area contributed by atoms with E-state index in [4.69, 9.17) is 30.6 Å². The Balaban J connectivity index is 1.28. The van der Waals surface area contributed by atoms with Gasteiger partial charge in [-0.15, -0.1) is 0 Å². The SMILES string of the molecule is Cc1c(C(=O)N(c2ccc(O[Si](C)(CC(C)(C)C)C(C)(C)C)cc2)c2cnn(CCCCOc3cccc4c3CCN(C(=O)O)C4)c2)cc(-c2cc(Cl)ccc2C(=O)OC(C)(C)C)n1C. The Morgan fingerprint density at radius 3 is 2.26 bits per heavy atom. The first-order valence-electron chi connectivity index (χ1n) is 22.4. The van der Waals surface area contributed by atoms with E-state index in [1.54, 1.807) is 29.3 Å². The quantitative estimate of drug-likeness (QED) is 0.0662. The van der Waals surface area contributed by atoms with Crippen LogP contribution in [-0.4, -0.2) is 69.4 Å². The lowest BCUT2D eigenvalue weighted by molar-refractivity contribution is 0.00701. The molecule has 0 radical (unpaired) electrons. The van der Waals surface area contributed by atoms with Gasteiger partial charge in [0.2, 0.25) is 0 Å². The van der Waals surface area contributed by atoms with Crippen LogP contribution in [0.4, 0.5) is 16.2 Å². The maximum Gasteiger partial charge on any atom is 0.407 e. The van der Waals surface area contributed by atoms with Crippen molar-refractivity contribution in [3.63, 3.8) is 0 Å². The topological polar surface area (TPSA) is 128 Å². The number of amides is 2. The van der Waals surface area contributed by atoms with E-state index in [0.29, 0.717) is 77.1 Å². The van der Waals surface area contributed by atoms with Crippen molar-refractivity contribution in [2.24, 2.45) is 12.5 Å². The lowest BCUT2D eigenvalue weighted by Crippen LogP contribution is -2.49. The monoisotopic (exact) mass is 923 g/mol. The molecule has 3 heterocycles. The van der Waals surface area contributed by atoms with Gasteiger partial charge in [-0.05, 0) is 130 Å². The largest absolute Gasteiger partial charge is 0.543 e. The number of esters is 1. The van der Waals surface area contributed by atoms with E-state index >= 15 is 4.79 Å². The third-order valence-corrected chi connectivity index (χ3v) is 18.0. The third-order valence-electron chi connectivity index (χ3n) is 12.1. The Bertz CT molecular complexity index is 2530. The van der Waals surface area contributed by atoms with Crippen LogP contribution in [0.25, 0.3) is 11.3 Å². The van der Waals surface area contributed by atoms with Crippen LogP contribution in [0.15, 0.2) is 79.1 Å². The van der Waals surface area contributed by atoms with Crippen LogP contribution in [0.1, 0.15) is 113 Å². The summed E-state index contributed by atoms with van der Waals surface area (Å²) in [5, 5.41) is 14.6. The molecule has 0 saturated carbocycles. The number of hydrogen-bond donors (Lipinski definition) is 1. The van der Waals surface area contributed by atoms with Crippen molar-refractivity contribution in [1.29, 1.82) is 0 Å². The second kappa shape index (κ2) is 19.1. The average molecular weight is 925 g/mol. The van der Waals surface area contributed by atoms with Gasteiger partial charge >= 0.3 is 12.1 Å². The Morgan fingerprint density at radius 2 is 1.62 bits per heavy atom. The average Bonchev–Trinajstić information content (AvgIpc) is 3.79. The second-order valence-electron chi connectivity index (χ2n) is 20.6. The number of carbonyl (C=O) groups excluding carboxylic acids is 2. The molecule has 14 heteroatoms. The molecule has 0 saturated heterocycles. The van der Waals surface area contributed by atoms with E-state index in [1.807, 2.05) is 98.7 Å². The van der Waals surface area contributed by atoms with Gasteiger partial charge in [0.1, 0.15) is 17.1 Å². The maximum absolute atomic E-state index is 15.1. The van der Waals surface area contributed by atoms with E-state index < -0.39 is 26.0 Å². The number of aryl methyl sites for hydroxylation is 1. The Hall–Kier alpha value is -5.53. The van der Waals surface area contributed by atoms with Crippen molar-refractivity contribution < 1.29 is 33.4 Å². The van der Waals surface area contributed by atoms with Crippen molar-refractivity contribution in [3.05, 3.63) is 112 Å². The minimum atomic E-state index is -2.30. The van der Waals surface area contributed by atoms with Crippen LogP contribution in [0, 0.1) is 12.3 Å². The van der Waals surface area contributed by atoms with Gasteiger partial charge in [-0.2, -0.15) is 5.10 Å². The Labute approximate surface area is 390 Å². The first kappa shape index (κ1) is 48.9. The summed E-state index contributed by atoms with van der Waals surface area (Å²) in [6.07, 6.45) is 4.83. The number of halogens is 1. The summed E-state index contributed by atoms with van der Waals surface area (Å²) in [5.74, 6) is 0.806. The lowest BCUT2D eigenvalue weighted by Gasteiger charge is -2.43. The van der Waals surface area contributed by atoms with Gasteiger partial charge in [-0.3, -0.25) is 14.4 Å². The standard InChI is InChI=1S/C51H66ClN5O7Si/c1-34-42(29-44(54(34)11)43-28-36(52)18-23-41(43)47(59)63-50(5,6)7)46(58)57(37-19-21-39(22-20-37)64-65(12,51(8,9)10)33-49(2,3)4)38-30-53-56(32-38)25-13-14-27-62-45-17-15-16-35-31-55(48(60)61)26-24-40(35)45/h15-23,28-30,32H,13-14,24-27,31,33H2,1-12H3,(H,60,61). The van der Waals surface area contributed by atoms with Crippen LogP contribution in [0.5, 0.6) is 11.5 Å². The number of ether oxygens (including phenoxy) is 2. The molecule has 3 aromatic carbocycles. The van der Waals surface area contributed by atoms with E-state index in [-0.39, 0.29) is 16.4 Å². The lowest BCUT2D eigenvalue weighted by atomic mass is 9.99. The summed E-state index contributed by atoms with van der Waals surface area (Å²) in [5.41, 5.74) is 5.34. The zero-order chi connectivity index (χ0) is 47.6. The van der Waals surface area contributed by atoms with E-state index in [0.717, 1.165) is 41.5 Å². The zero-order valence-corrected chi connectivity index (χ0v) is 41.9. The molecule has 1 atom stereocenters. The highest BCUT2D eigenvalue weighted by atomic mass is 35.5. The number of fused-ring (bicyclic) bond motifs is 1. The van der Waals surface area contributed by atoms with Crippen molar-refractivity contribution in [3.8, 4) is 22.8 Å². The molecule has 0 fully saturated rings. The smallest absolute Gasteiger partial charge is 0.407 e. The van der Waals surface area contributed by atoms with Crippen LogP contribution >= 0.6 is 11.6 Å². The molecule has 0 aliphatic carbocycles. The number of carbonyl (C=O) groups is 3. The van der Waals surface area contributed by atoms with Crippen molar-refractivity contribution >= 4 is 49.3 Å². The third kappa shape index (κ3) is 11.7. The molecule has 6 rings (SSSR count). The summed E-state index contributed by atoms with van der Waals surface area (Å²) < 4.78 is 22.7. The molecule has 5 aromatic rings. The maximum atomic E-state index is 15.1. The number of rotatable bonds is 14. The normalized spacial score (nSPS) is 14.1. The van der Waals surface area contributed by atoms with Crippen LogP contribution in [0.3, 0.4) is 0 Å². The highest BCUT2D eigenvalue weighted by molar-refractivity contribution is 6.76. The van der Waals surface area contributed by atoms with Crippen molar-refractivity contribution in [1.82, 2.24) is 19.2 Å². The highest BCUT2D eigenvalue weighted by Crippen LogP contribution is 2.45. The molecule has 348 valence electrons. The fourth-order valence-corrected chi connectivity index (χ4v) is 12.1. The molecule has 0 spiro atoms. The van der Waals surface area contributed by atoms with E-state index in [9.17, 15) is 14.7 Å². The molecule has 1 unspecified atom stereocenters. The number of hydrogen-bond acceptors (Lipinski definition) is 7. The number of anilines is 2. The summed E-state index contributed by atoms with van der Waals surface area (Å²) in [4.78, 5) is 43.2. The molecule has 12 nitrogen and oxygen atoms in total. The zero-order valence-electron chi connectivity index (χ0n) is 40.2. The summed E-state index contributed by atoms with van der Waals surface area (Å²) >= 11 is 6.53. The van der Waals surface area contributed by atoms with Crippen LogP contribution < -0.4 is 14.1 Å².